The topological polar surface area (TPSA) is 121 Å². The molecule has 2 aliphatic heterocycles. The molecule has 0 aromatic heterocycles. The van der Waals surface area contributed by atoms with E-state index < -0.39 is 17.5 Å². The van der Waals surface area contributed by atoms with Gasteiger partial charge >= 0.3 is 12.1 Å². The number of hydrogen-bond donors (Lipinski definition) is 1. The minimum Gasteiger partial charge on any atom is -0.462 e. The lowest BCUT2D eigenvalue weighted by Gasteiger charge is -2.35. The van der Waals surface area contributed by atoms with Crippen LogP contribution in [0.1, 0.15) is 61.5 Å². The first-order chi connectivity index (χ1) is 22.9. The molecule has 11 nitrogen and oxygen atoms in total. The Morgan fingerprint density at radius 1 is 0.938 bits per heavy atom. The fourth-order valence-electron chi connectivity index (χ4n) is 5.72. The summed E-state index contributed by atoms with van der Waals surface area (Å²) in [7, 11) is 1.75. The van der Waals surface area contributed by atoms with Gasteiger partial charge in [0.2, 0.25) is 11.8 Å². The molecule has 0 spiro atoms. The monoisotopic (exact) mass is 653 g/mol. The predicted octanol–water partition coefficient (Wildman–Crippen LogP) is 5.63. The summed E-state index contributed by atoms with van der Waals surface area (Å²) in [5, 5.41) is 2.91. The summed E-state index contributed by atoms with van der Waals surface area (Å²) in [6, 6.07) is 21.9. The van der Waals surface area contributed by atoms with Gasteiger partial charge in [-0.2, -0.15) is 0 Å². The molecule has 3 amide bonds. The van der Waals surface area contributed by atoms with Crippen LogP contribution in [0, 0.1) is 0 Å². The number of amides is 3. The van der Waals surface area contributed by atoms with Crippen LogP contribution in [0.4, 0.5) is 21.9 Å². The third-order valence-corrected chi connectivity index (χ3v) is 8.27. The molecule has 3 aromatic rings. The number of esters is 1. The molecular weight excluding hydrogens is 610 g/mol. The molecule has 1 fully saturated rings. The van der Waals surface area contributed by atoms with Crippen LogP contribution in [0.5, 0.6) is 0 Å². The summed E-state index contributed by atoms with van der Waals surface area (Å²) in [6.07, 6.45) is 0.0392. The smallest absolute Gasteiger partial charge is 0.410 e. The highest BCUT2D eigenvalue weighted by Crippen LogP contribution is 2.37. The molecule has 0 aliphatic carbocycles. The largest absolute Gasteiger partial charge is 0.462 e. The highest BCUT2D eigenvalue weighted by atomic mass is 16.6. The molecule has 2 aliphatic rings. The van der Waals surface area contributed by atoms with E-state index in [0.29, 0.717) is 61.8 Å². The second kappa shape index (κ2) is 14.8. The van der Waals surface area contributed by atoms with Gasteiger partial charge in [-0.05, 0) is 75.2 Å². The number of anilines is 2. The zero-order valence-electron chi connectivity index (χ0n) is 28.2. The maximum atomic E-state index is 13.4. The molecule has 252 valence electrons. The molecule has 1 saturated heterocycles. The first kappa shape index (κ1) is 34.3. The summed E-state index contributed by atoms with van der Waals surface area (Å²) in [6.45, 7) is 10.7. The molecular formula is C37H43N5O6. The van der Waals surface area contributed by atoms with Gasteiger partial charge < -0.3 is 24.6 Å². The molecule has 1 N–H and O–H groups in total. The van der Waals surface area contributed by atoms with Crippen molar-refractivity contribution in [3.63, 3.8) is 0 Å². The fourth-order valence-corrected chi connectivity index (χ4v) is 5.72. The van der Waals surface area contributed by atoms with E-state index in [0.717, 1.165) is 16.8 Å². The van der Waals surface area contributed by atoms with Gasteiger partial charge in [-0.15, -0.1) is 0 Å². The Hall–Kier alpha value is -5.03. The van der Waals surface area contributed by atoms with Gasteiger partial charge in [0, 0.05) is 57.6 Å². The molecule has 11 heteroatoms. The van der Waals surface area contributed by atoms with Crippen molar-refractivity contribution in [2.75, 3.05) is 56.6 Å². The van der Waals surface area contributed by atoms with E-state index in [9.17, 15) is 19.2 Å². The molecule has 0 saturated carbocycles. The number of carbonyl (C=O) groups is 4. The second-order valence-electron chi connectivity index (χ2n) is 12.8. The van der Waals surface area contributed by atoms with Crippen LogP contribution in [0.2, 0.25) is 0 Å². The number of piperazine rings is 1. The van der Waals surface area contributed by atoms with E-state index in [1.54, 1.807) is 42.0 Å². The van der Waals surface area contributed by atoms with Gasteiger partial charge in [0.25, 0.3) is 0 Å². The van der Waals surface area contributed by atoms with Crippen molar-refractivity contribution in [3.8, 4) is 0 Å². The average Bonchev–Trinajstić information content (AvgIpc) is 3.40. The summed E-state index contributed by atoms with van der Waals surface area (Å²) in [5.41, 5.74) is 3.84. The summed E-state index contributed by atoms with van der Waals surface area (Å²) >= 11 is 0. The molecule has 3 aromatic carbocycles. The number of nitrogens with zero attached hydrogens (tertiary/aromatic N) is 4. The second-order valence-corrected chi connectivity index (χ2v) is 12.8. The summed E-state index contributed by atoms with van der Waals surface area (Å²) in [4.78, 5) is 61.6. The lowest BCUT2D eigenvalue weighted by molar-refractivity contribution is -0.119. The zero-order valence-corrected chi connectivity index (χ0v) is 28.2. The predicted molar refractivity (Wildman–Crippen MR) is 185 cm³/mol. The minimum atomic E-state index is -0.687. The van der Waals surface area contributed by atoms with Gasteiger partial charge in [-0.3, -0.25) is 19.5 Å². The van der Waals surface area contributed by atoms with E-state index in [1.807, 2.05) is 75.4 Å². The van der Waals surface area contributed by atoms with E-state index in [1.165, 1.54) is 0 Å². The lowest BCUT2D eigenvalue weighted by Crippen LogP contribution is -2.50. The number of nitrogens with one attached hydrogen (secondary N) is 1. The first-order valence-electron chi connectivity index (χ1n) is 16.3. The zero-order chi connectivity index (χ0) is 34.4. The number of benzene rings is 3. The Labute approximate surface area is 281 Å². The van der Waals surface area contributed by atoms with Crippen molar-refractivity contribution in [3.05, 3.63) is 89.5 Å². The van der Waals surface area contributed by atoms with Gasteiger partial charge in [0.1, 0.15) is 11.5 Å². The maximum Gasteiger partial charge on any atom is 0.410 e. The minimum absolute atomic E-state index is 0.0211. The highest BCUT2D eigenvalue weighted by Gasteiger charge is 2.36. The average molecular weight is 654 g/mol. The normalized spacial score (nSPS) is 16.6. The van der Waals surface area contributed by atoms with Crippen molar-refractivity contribution in [2.45, 2.75) is 45.6 Å². The standard InChI is InChI=1S/C37H43N5O6/c1-6-47-35(45)26-12-17-29-30(24-26)39-34(44)32(29)33(25-10-8-7-9-11-25)38-27-13-15-28(16-14-27)40(5)31(43)18-19-41-20-22-42(23-21-41)36(46)48-37(2,3)4/h7-17,24,32H,6,18-23H2,1-5H3,(H,39,44). The van der Waals surface area contributed by atoms with Crippen LogP contribution < -0.4 is 10.2 Å². The Morgan fingerprint density at radius 3 is 2.27 bits per heavy atom. The lowest BCUT2D eigenvalue weighted by atomic mass is 9.90. The van der Waals surface area contributed by atoms with Crippen LogP contribution in [0.15, 0.2) is 77.8 Å². The van der Waals surface area contributed by atoms with Gasteiger partial charge in [0.05, 0.1) is 23.6 Å². The molecule has 1 atom stereocenters. The van der Waals surface area contributed by atoms with E-state index >= 15 is 0 Å². The van der Waals surface area contributed by atoms with E-state index in [4.69, 9.17) is 14.5 Å². The fraction of sp³-hybridized carbons (Fsp3) is 0.378. The van der Waals surface area contributed by atoms with Gasteiger partial charge in [0.15, 0.2) is 0 Å². The number of hydrogen-bond acceptors (Lipinski definition) is 8. The molecule has 2 heterocycles. The summed E-state index contributed by atoms with van der Waals surface area (Å²) in [5.74, 6) is -1.39. The number of aliphatic imine (C=N–C) groups is 1. The van der Waals surface area contributed by atoms with Crippen LogP contribution >= 0.6 is 0 Å². The van der Waals surface area contributed by atoms with Crippen molar-refractivity contribution in [1.82, 2.24) is 9.80 Å². The number of rotatable bonds is 9. The Morgan fingerprint density at radius 2 is 1.62 bits per heavy atom. The number of ether oxygens (including phenoxy) is 2. The quantitative estimate of drug-likeness (QED) is 0.235. The van der Waals surface area contributed by atoms with Crippen LogP contribution in [0.25, 0.3) is 0 Å². The van der Waals surface area contributed by atoms with Crippen molar-refractivity contribution < 1.29 is 28.7 Å². The molecule has 48 heavy (non-hydrogen) atoms. The van der Waals surface area contributed by atoms with E-state index in [-0.39, 0.29) is 24.5 Å². The Bertz CT molecular complexity index is 1670. The SMILES string of the molecule is CCOC(=O)c1ccc2c(c1)NC(=O)C2C(=Nc1ccc(N(C)C(=O)CCN2CCN(C(=O)OC(C)(C)C)CC2)cc1)c1ccccc1. The third kappa shape index (κ3) is 8.27. The molecule has 5 rings (SSSR count). The van der Waals surface area contributed by atoms with Crippen LogP contribution in [-0.2, 0) is 19.1 Å². The molecule has 1 unspecified atom stereocenters. The van der Waals surface area contributed by atoms with Crippen LogP contribution in [0.3, 0.4) is 0 Å². The maximum absolute atomic E-state index is 13.4. The van der Waals surface area contributed by atoms with Gasteiger partial charge in [-0.1, -0.05) is 36.4 Å². The van der Waals surface area contributed by atoms with Crippen molar-refractivity contribution >= 4 is 46.7 Å². The van der Waals surface area contributed by atoms with Crippen molar-refractivity contribution in [1.29, 1.82) is 0 Å². The number of fused-ring (bicyclic) bond motifs is 1. The van der Waals surface area contributed by atoms with Crippen molar-refractivity contribution in [2.24, 2.45) is 4.99 Å². The highest BCUT2D eigenvalue weighted by molar-refractivity contribution is 6.24. The Balaban J connectivity index is 1.25. The first-order valence-corrected chi connectivity index (χ1v) is 16.3. The number of carbonyl (C=O) groups excluding carboxylic acids is 4. The third-order valence-electron chi connectivity index (χ3n) is 8.27. The summed E-state index contributed by atoms with van der Waals surface area (Å²) < 4.78 is 10.6. The van der Waals surface area contributed by atoms with Gasteiger partial charge in [-0.25, -0.2) is 9.59 Å². The van der Waals surface area contributed by atoms with Crippen LogP contribution in [-0.4, -0.2) is 91.4 Å². The Kier molecular flexibility index (Phi) is 10.6. The molecule has 0 radical (unpaired) electrons. The van der Waals surface area contributed by atoms with E-state index in [2.05, 4.69) is 10.2 Å². The molecule has 0 bridgehead atoms.